The van der Waals surface area contributed by atoms with E-state index in [4.69, 9.17) is 9.72 Å². The quantitative estimate of drug-likeness (QED) is 0.480. The molecule has 0 saturated heterocycles. The second kappa shape index (κ2) is 8.75. The van der Waals surface area contributed by atoms with Crippen molar-refractivity contribution in [2.45, 2.75) is 34.6 Å². The lowest BCUT2D eigenvalue weighted by atomic mass is 10.1. The number of carbonyl (C=O) groups is 1. The molecule has 7 nitrogen and oxygen atoms in total. The number of rotatable bonds is 5. The van der Waals surface area contributed by atoms with E-state index in [0.717, 1.165) is 38.7 Å². The number of benzene rings is 2. The molecule has 1 N–H and O–H groups in total. The van der Waals surface area contributed by atoms with Crippen molar-refractivity contribution in [1.82, 2.24) is 14.8 Å². The van der Waals surface area contributed by atoms with Gasteiger partial charge in [-0.05, 0) is 74.6 Å². The number of anilines is 1. The minimum Gasteiger partial charge on any atom is -0.483 e. The van der Waals surface area contributed by atoms with Crippen molar-refractivity contribution in [3.63, 3.8) is 0 Å². The van der Waals surface area contributed by atoms with E-state index in [2.05, 4.69) is 22.6 Å². The van der Waals surface area contributed by atoms with Gasteiger partial charge in [-0.2, -0.15) is 15.0 Å². The highest BCUT2D eigenvalue weighted by atomic mass is 16.5. The number of amides is 1. The first-order valence-electron chi connectivity index (χ1n) is 10.6. The van der Waals surface area contributed by atoms with Gasteiger partial charge in [-0.3, -0.25) is 4.79 Å². The fraction of sp³-hybridized carbons (Fsp3) is 0.231. The topological polar surface area (TPSA) is 92.8 Å². The van der Waals surface area contributed by atoms with Crippen molar-refractivity contribution in [1.29, 1.82) is 5.26 Å². The molecule has 7 heteroatoms. The number of ether oxygens (including phenoxy) is 1. The van der Waals surface area contributed by atoms with Crippen LogP contribution in [-0.2, 0) is 4.79 Å². The van der Waals surface area contributed by atoms with E-state index < -0.39 is 0 Å². The van der Waals surface area contributed by atoms with E-state index >= 15 is 0 Å². The summed E-state index contributed by atoms with van der Waals surface area (Å²) < 4.78 is 7.26. The summed E-state index contributed by atoms with van der Waals surface area (Å²) in [5, 5.41) is 17.7. The molecule has 33 heavy (non-hydrogen) atoms. The first-order chi connectivity index (χ1) is 15.8. The highest BCUT2D eigenvalue weighted by Crippen LogP contribution is 2.26. The highest BCUT2D eigenvalue weighted by molar-refractivity contribution is 5.93. The van der Waals surface area contributed by atoms with E-state index in [-0.39, 0.29) is 23.9 Å². The molecule has 2 heterocycles. The molecule has 2 aromatic carbocycles. The summed E-state index contributed by atoms with van der Waals surface area (Å²) in [6.07, 6.45) is 1.42. The van der Waals surface area contributed by atoms with E-state index in [1.165, 1.54) is 10.9 Å². The maximum Gasteiger partial charge on any atom is 0.263 e. The van der Waals surface area contributed by atoms with Crippen LogP contribution >= 0.6 is 0 Å². The van der Waals surface area contributed by atoms with E-state index in [1.54, 1.807) is 0 Å². The van der Waals surface area contributed by atoms with Crippen LogP contribution in [0.5, 0.6) is 5.75 Å². The van der Waals surface area contributed by atoms with Crippen molar-refractivity contribution < 1.29 is 9.53 Å². The minimum absolute atomic E-state index is 0.191. The smallest absolute Gasteiger partial charge is 0.263 e. The Kier molecular flexibility index (Phi) is 5.84. The van der Waals surface area contributed by atoms with Gasteiger partial charge in [-0.15, -0.1) is 0 Å². The summed E-state index contributed by atoms with van der Waals surface area (Å²) in [4.78, 5) is 17.5. The Bertz CT molecular complexity index is 1430. The fourth-order valence-corrected chi connectivity index (χ4v) is 3.84. The molecule has 0 atom stereocenters. The van der Waals surface area contributed by atoms with Crippen LogP contribution in [0.25, 0.3) is 16.7 Å². The molecule has 0 radical (unpaired) electrons. The van der Waals surface area contributed by atoms with Crippen LogP contribution in [0.2, 0.25) is 0 Å². The molecule has 166 valence electrons. The van der Waals surface area contributed by atoms with Crippen molar-refractivity contribution in [2.75, 3.05) is 11.9 Å². The number of aromatic nitrogens is 3. The normalized spacial score (nSPS) is 10.8. The van der Waals surface area contributed by atoms with Gasteiger partial charge in [-0.25, -0.2) is 4.98 Å². The molecule has 0 spiro atoms. The number of nitriles is 1. The van der Waals surface area contributed by atoms with Crippen molar-refractivity contribution in [3.8, 4) is 17.6 Å². The van der Waals surface area contributed by atoms with Gasteiger partial charge in [0.25, 0.3) is 5.91 Å². The predicted molar refractivity (Wildman–Crippen MR) is 128 cm³/mol. The van der Waals surface area contributed by atoms with E-state index in [1.807, 2.05) is 65.0 Å². The average molecular weight is 440 g/mol. The van der Waals surface area contributed by atoms with Gasteiger partial charge >= 0.3 is 0 Å². The van der Waals surface area contributed by atoms with Crippen LogP contribution in [0.3, 0.4) is 0 Å². The number of hydrogen-bond donors (Lipinski definition) is 1. The molecule has 4 aromatic rings. The molecule has 0 bridgehead atoms. The Morgan fingerprint density at radius 3 is 2.64 bits per heavy atom. The zero-order valence-electron chi connectivity index (χ0n) is 19.4. The molecule has 0 fully saturated rings. The maximum atomic E-state index is 12.7. The number of aryl methyl sites for hydroxylation is 4. The first-order valence-corrected chi connectivity index (χ1v) is 10.6. The fourth-order valence-electron chi connectivity index (χ4n) is 3.84. The van der Waals surface area contributed by atoms with E-state index in [9.17, 15) is 10.1 Å². The monoisotopic (exact) mass is 439 g/mol. The predicted octanol–water partition coefficient (Wildman–Crippen LogP) is 4.85. The molecular formula is C26H25N5O2. The highest BCUT2D eigenvalue weighted by Gasteiger charge is 2.18. The molecular weight excluding hydrogens is 414 g/mol. The zero-order valence-corrected chi connectivity index (χ0v) is 19.4. The zero-order chi connectivity index (χ0) is 23.7. The van der Waals surface area contributed by atoms with Crippen LogP contribution < -0.4 is 10.1 Å². The number of nitrogens with zero attached hydrogens (tertiary/aromatic N) is 4. The molecule has 0 unspecified atom stereocenters. The molecule has 0 aliphatic carbocycles. The van der Waals surface area contributed by atoms with Gasteiger partial charge in [0, 0.05) is 5.39 Å². The number of hydrogen-bond acceptors (Lipinski definition) is 5. The van der Waals surface area contributed by atoms with E-state index in [0.29, 0.717) is 11.6 Å². The summed E-state index contributed by atoms with van der Waals surface area (Å²) in [6.45, 7) is 9.76. The Balaban J connectivity index is 1.63. The van der Waals surface area contributed by atoms with Crippen LogP contribution in [-0.4, -0.2) is 27.3 Å². The molecule has 0 saturated carbocycles. The minimum atomic E-state index is -0.388. The van der Waals surface area contributed by atoms with Crippen molar-refractivity contribution >= 4 is 22.6 Å². The van der Waals surface area contributed by atoms with Crippen molar-refractivity contribution in [2.24, 2.45) is 0 Å². The average Bonchev–Trinajstić information content (AvgIpc) is 3.18. The Morgan fingerprint density at radius 2 is 1.88 bits per heavy atom. The van der Waals surface area contributed by atoms with Gasteiger partial charge in [0.2, 0.25) is 0 Å². The lowest BCUT2D eigenvalue weighted by Crippen LogP contribution is -2.23. The van der Waals surface area contributed by atoms with Gasteiger partial charge in [0.05, 0.1) is 11.7 Å². The third-order valence-electron chi connectivity index (χ3n) is 5.72. The SMILES string of the molecule is Cc1cc(C)c(C)c(OCC(=O)Nc2c(C#N)cnn2-c2cc(C)c3cccc(C)c3n2)c1. The lowest BCUT2D eigenvalue weighted by Gasteiger charge is -2.14. The van der Waals surface area contributed by atoms with Crippen LogP contribution in [0.15, 0.2) is 42.6 Å². The standard InChI is InChI=1S/C26H25N5O2/c1-15-9-17(3)19(5)22(10-15)33-14-24(32)30-26-20(12-27)13-28-31(26)23-11-18(4)21-8-6-7-16(2)25(21)29-23/h6-11,13H,14H2,1-5H3,(H,30,32). The summed E-state index contributed by atoms with van der Waals surface area (Å²) in [6, 6.07) is 14.0. The molecule has 4 rings (SSSR count). The number of fused-ring (bicyclic) bond motifs is 1. The summed E-state index contributed by atoms with van der Waals surface area (Å²) in [7, 11) is 0. The lowest BCUT2D eigenvalue weighted by molar-refractivity contribution is -0.118. The van der Waals surface area contributed by atoms with Crippen LogP contribution in [0, 0.1) is 45.9 Å². The summed E-state index contributed by atoms with van der Waals surface area (Å²) >= 11 is 0. The Labute approximate surface area is 192 Å². The third-order valence-corrected chi connectivity index (χ3v) is 5.72. The molecule has 0 aliphatic heterocycles. The molecule has 2 aromatic heterocycles. The second-order valence-corrected chi connectivity index (χ2v) is 8.24. The molecule has 0 aliphatic rings. The van der Waals surface area contributed by atoms with Crippen LogP contribution in [0.1, 0.15) is 33.4 Å². The van der Waals surface area contributed by atoms with Gasteiger partial charge < -0.3 is 10.1 Å². The van der Waals surface area contributed by atoms with Gasteiger partial charge in [0.15, 0.2) is 18.2 Å². The molecule has 1 amide bonds. The number of para-hydroxylation sites is 1. The number of pyridine rings is 1. The van der Waals surface area contributed by atoms with Gasteiger partial charge in [-0.1, -0.05) is 24.3 Å². The van der Waals surface area contributed by atoms with Crippen molar-refractivity contribution in [3.05, 3.63) is 76.0 Å². The Hall–Kier alpha value is -4.18. The first kappa shape index (κ1) is 22.0. The summed E-state index contributed by atoms with van der Waals surface area (Å²) in [5.74, 6) is 1.07. The number of carbonyl (C=O) groups excluding carboxylic acids is 1. The largest absolute Gasteiger partial charge is 0.483 e. The Morgan fingerprint density at radius 1 is 1.09 bits per heavy atom. The van der Waals surface area contributed by atoms with Gasteiger partial charge in [0.1, 0.15) is 17.4 Å². The maximum absolute atomic E-state index is 12.7. The van der Waals surface area contributed by atoms with Crippen LogP contribution in [0.4, 0.5) is 5.82 Å². The third kappa shape index (κ3) is 4.28. The second-order valence-electron chi connectivity index (χ2n) is 8.24. The summed E-state index contributed by atoms with van der Waals surface area (Å²) in [5.41, 5.74) is 6.31. The number of nitrogens with one attached hydrogen (secondary N) is 1.